The van der Waals surface area contributed by atoms with E-state index in [-0.39, 0.29) is 17.2 Å². The van der Waals surface area contributed by atoms with Crippen molar-refractivity contribution in [3.8, 4) is 0 Å². The molecule has 5 nitrogen and oxygen atoms in total. The summed E-state index contributed by atoms with van der Waals surface area (Å²) < 4.78 is 1.90. The Hall–Kier alpha value is -2.14. The summed E-state index contributed by atoms with van der Waals surface area (Å²) in [5.41, 5.74) is 2.60. The van der Waals surface area contributed by atoms with Crippen LogP contribution in [0.4, 0.5) is 0 Å². The first-order chi connectivity index (χ1) is 11.8. The van der Waals surface area contributed by atoms with Crippen molar-refractivity contribution in [2.45, 2.75) is 32.4 Å². The van der Waals surface area contributed by atoms with Crippen LogP contribution in [0.3, 0.4) is 0 Å². The smallest absolute Gasteiger partial charge is 0.225 e. The van der Waals surface area contributed by atoms with Crippen molar-refractivity contribution in [2.24, 2.45) is 11.3 Å². The van der Waals surface area contributed by atoms with Gasteiger partial charge in [-0.3, -0.25) is 9.48 Å². The van der Waals surface area contributed by atoms with Crippen molar-refractivity contribution in [2.75, 3.05) is 13.1 Å². The van der Waals surface area contributed by atoms with Gasteiger partial charge in [0.1, 0.15) is 0 Å². The molecule has 2 heterocycles. The molecule has 1 atom stereocenters. The number of benzene rings is 1. The van der Waals surface area contributed by atoms with E-state index in [1.807, 2.05) is 16.9 Å². The van der Waals surface area contributed by atoms with Crippen LogP contribution in [0.1, 0.15) is 30.4 Å². The van der Waals surface area contributed by atoms with Gasteiger partial charge in [-0.05, 0) is 35.4 Å². The number of rotatable bonds is 5. The maximum absolute atomic E-state index is 12.5. The van der Waals surface area contributed by atoms with Gasteiger partial charge < -0.3 is 10.6 Å². The topological polar surface area (TPSA) is 59.0 Å². The van der Waals surface area contributed by atoms with Gasteiger partial charge in [-0.2, -0.15) is 5.10 Å². The standard InChI is InChI=1S/C19H24N4O/c24-18(17-12-20-14-19(17)7-1-8-19)21-11-15-3-5-16(6-4-15)13-23-10-2-9-22-23/h2-6,9-10,17,20H,1,7-8,11-14H2,(H,21,24). The Bertz CT molecular complexity index is 689. The van der Waals surface area contributed by atoms with Gasteiger partial charge in [-0.15, -0.1) is 0 Å². The van der Waals surface area contributed by atoms with E-state index in [4.69, 9.17) is 0 Å². The summed E-state index contributed by atoms with van der Waals surface area (Å²) in [4.78, 5) is 12.5. The fraction of sp³-hybridized carbons (Fsp3) is 0.474. The molecule has 1 saturated carbocycles. The molecule has 2 aromatic rings. The maximum atomic E-state index is 12.5. The second-order valence-electron chi connectivity index (χ2n) is 7.14. The van der Waals surface area contributed by atoms with Crippen LogP contribution in [-0.2, 0) is 17.9 Å². The Morgan fingerprint density at radius 3 is 2.75 bits per heavy atom. The lowest BCUT2D eigenvalue weighted by molar-refractivity contribution is -0.129. The number of nitrogens with zero attached hydrogens (tertiary/aromatic N) is 2. The van der Waals surface area contributed by atoms with Crippen molar-refractivity contribution in [3.05, 3.63) is 53.9 Å². The molecule has 24 heavy (non-hydrogen) atoms. The molecule has 4 rings (SSSR count). The average molecular weight is 324 g/mol. The zero-order valence-corrected chi connectivity index (χ0v) is 13.9. The maximum Gasteiger partial charge on any atom is 0.225 e. The number of aromatic nitrogens is 2. The Balaban J connectivity index is 1.32. The lowest BCUT2D eigenvalue weighted by Gasteiger charge is -2.41. The molecular formula is C19H24N4O. The van der Waals surface area contributed by atoms with E-state index in [9.17, 15) is 4.79 Å². The summed E-state index contributed by atoms with van der Waals surface area (Å²) in [5.74, 6) is 0.352. The molecule has 1 spiro atoms. The van der Waals surface area contributed by atoms with E-state index >= 15 is 0 Å². The lowest BCUT2D eigenvalue weighted by Crippen LogP contribution is -2.45. The van der Waals surface area contributed by atoms with E-state index in [1.54, 1.807) is 6.20 Å². The summed E-state index contributed by atoms with van der Waals surface area (Å²) in [7, 11) is 0. The van der Waals surface area contributed by atoms with Crippen LogP contribution in [0.5, 0.6) is 0 Å². The molecule has 0 radical (unpaired) electrons. The van der Waals surface area contributed by atoms with Gasteiger partial charge in [0.15, 0.2) is 0 Å². The molecule has 126 valence electrons. The van der Waals surface area contributed by atoms with E-state index in [0.29, 0.717) is 6.54 Å². The highest BCUT2D eigenvalue weighted by Gasteiger charge is 2.50. The van der Waals surface area contributed by atoms with Gasteiger partial charge in [0.25, 0.3) is 0 Å². The summed E-state index contributed by atoms with van der Waals surface area (Å²) in [6.07, 6.45) is 7.40. The first-order valence-electron chi connectivity index (χ1n) is 8.79. The van der Waals surface area contributed by atoms with Crippen LogP contribution in [0.15, 0.2) is 42.7 Å². The Kier molecular flexibility index (Phi) is 4.10. The third-order valence-corrected chi connectivity index (χ3v) is 5.62. The van der Waals surface area contributed by atoms with Gasteiger partial charge in [0.05, 0.1) is 12.5 Å². The minimum atomic E-state index is 0.144. The molecule has 1 aromatic heterocycles. The molecule has 2 N–H and O–H groups in total. The van der Waals surface area contributed by atoms with Crippen molar-refractivity contribution in [1.82, 2.24) is 20.4 Å². The molecule has 1 aliphatic carbocycles. The zero-order valence-electron chi connectivity index (χ0n) is 13.9. The number of amides is 1. The second kappa shape index (κ2) is 6.40. The van der Waals surface area contributed by atoms with E-state index < -0.39 is 0 Å². The predicted molar refractivity (Wildman–Crippen MR) is 92.3 cm³/mol. The van der Waals surface area contributed by atoms with Crippen molar-refractivity contribution < 1.29 is 4.79 Å². The van der Waals surface area contributed by atoms with Crippen LogP contribution in [0.25, 0.3) is 0 Å². The third-order valence-electron chi connectivity index (χ3n) is 5.62. The molecule has 1 aromatic carbocycles. The quantitative estimate of drug-likeness (QED) is 0.884. The summed E-state index contributed by atoms with van der Waals surface area (Å²) in [6.45, 7) is 3.21. The minimum absolute atomic E-state index is 0.144. The Morgan fingerprint density at radius 1 is 1.29 bits per heavy atom. The number of hydrogen-bond donors (Lipinski definition) is 2. The van der Waals surface area contributed by atoms with Crippen molar-refractivity contribution in [3.63, 3.8) is 0 Å². The van der Waals surface area contributed by atoms with Crippen LogP contribution in [-0.4, -0.2) is 28.8 Å². The summed E-state index contributed by atoms with van der Waals surface area (Å²) in [6, 6.07) is 10.3. The van der Waals surface area contributed by atoms with Crippen LogP contribution in [0.2, 0.25) is 0 Å². The van der Waals surface area contributed by atoms with Gasteiger partial charge in [0, 0.05) is 32.0 Å². The van der Waals surface area contributed by atoms with Crippen LogP contribution < -0.4 is 10.6 Å². The van der Waals surface area contributed by atoms with E-state index in [1.165, 1.54) is 24.8 Å². The second-order valence-corrected chi connectivity index (χ2v) is 7.14. The minimum Gasteiger partial charge on any atom is -0.352 e. The molecule has 0 bridgehead atoms. The first-order valence-corrected chi connectivity index (χ1v) is 8.79. The van der Waals surface area contributed by atoms with Crippen molar-refractivity contribution in [1.29, 1.82) is 0 Å². The van der Waals surface area contributed by atoms with Gasteiger partial charge in [-0.25, -0.2) is 0 Å². The van der Waals surface area contributed by atoms with Gasteiger partial charge >= 0.3 is 0 Å². The normalized spacial score (nSPS) is 21.6. The average Bonchev–Trinajstić information content (AvgIpc) is 3.22. The number of hydrogen-bond acceptors (Lipinski definition) is 3. The monoisotopic (exact) mass is 324 g/mol. The lowest BCUT2D eigenvalue weighted by atomic mass is 9.62. The molecule has 2 aliphatic rings. The molecule has 1 saturated heterocycles. The van der Waals surface area contributed by atoms with Crippen LogP contribution in [0, 0.1) is 11.3 Å². The summed E-state index contributed by atoms with van der Waals surface area (Å²) >= 11 is 0. The molecule has 1 aliphatic heterocycles. The number of carbonyl (C=O) groups is 1. The fourth-order valence-corrected chi connectivity index (χ4v) is 3.99. The zero-order chi connectivity index (χ0) is 16.4. The largest absolute Gasteiger partial charge is 0.352 e. The molecule has 1 amide bonds. The highest BCUT2D eigenvalue weighted by molar-refractivity contribution is 5.80. The molecule has 5 heteroatoms. The Labute approximate surface area is 142 Å². The highest BCUT2D eigenvalue weighted by atomic mass is 16.2. The Morgan fingerprint density at radius 2 is 2.08 bits per heavy atom. The predicted octanol–water partition coefficient (Wildman–Crippen LogP) is 1.94. The van der Waals surface area contributed by atoms with Gasteiger partial charge in [0.2, 0.25) is 5.91 Å². The highest BCUT2D eigenvalue weighted by Crippen LogP contribution is 2.49. The number of nitrogens with one attached hydrogen (secondary N) is 2. The van der Waals surface area contributed by atoms with Crippen LogP contribution >= 0.6 is 0 Å². The number of carbonyl (C=O) groups excluding carboxylic acids is 1. The first kappa shape index (κ1) is 15.4. The third kappa shape index (κ3) is 2.96. The van der Waals surface area contributed by atoms with Gasteiger partial charge in [-0.1, -0.05) is 30.7 Å². The SMILES string of the molecule is O=C(NCc1ccc(Cn2cccn2)cc1)C1CNCC12CCC2. The summed E-state index contributed by atoms with van der Waals surface area (Å²) in [5, 5.41) is 10.8. The van der Waals surface area contributed by atoms with E-state index in [2.05, 4.69) is 40.0 Å². The fourth-order valence-electron chi connectivity index (χ4n) is 3.99. The van der Waals surface area contributed by atoms with E-state index in [0.717, 1.165) is 25.2 Å². The van der Waals surface area contributed by atoms with Crippen molar-refractivity contribution >= 4 is 5.91 Å². The molecule has 1 unspecified atom stereocenters. The molecule has 2 fully saturated rings. The molecular weight excluding hydrogens is 300 g/mol.